The molecule has 1 aromatic heterocycles. The minimum absolute atomic E-state index is 0.0707. The van der Waals surface area contributed by atoms with Gasteiger partial charge in [0.2, 0.25) is 0 Å². The van der Waals surface area contributed by atoms with Crippen molar-refractivity contribution in [1.82, 2.24) is 4.98 Å². The largest absolute Gasteiger partial charge is 0.384 e. The van der Waals surface area contributed by atoms with Crippen LogP contribution in [0.2, 0.25) is 0 Å². The number of hydrogen-bond donors (Lipinski definition) is 2. The average Bonchev–Trinajstić information content (AvgIpc) is 2.48. The van der Waals surface area contributed by atoms with Crippen molar-refractivity contribution in [2.45, 2.75) is 0 Å². The highest BCUT2D eigenvalue weighted by Crippen LogP contribution is 2.16. The summed E-state index contributed by atoms with van der Waals surface area (Å²) in [5.41, 5.74) is 0.892. The third kappa shape index (κ3) is 3.40. The van der Waals surface area contributed by atoms with Crippen molar-refractivity contribution in [2.24, 2.45) is 0 Å². The molecule has 4 nitrogen and oxygen atoms in total. The van der Waals surface area contributed by atoms with E-state index in [-0.39, 0.29) is 12.3 Å². The number of aromatic nitrogens is 1. The Balaban J connectivity index is 2.16. The molecule has 1 heterocycles. The van der Waals surface area contributed by atoms with E-state index in [0.717, 1.165) is 0 Å². The van der Waals surface area contributed by atoms with E-state index in [0.29, 0.717) is 11.1 Å². The fourth-order valence-electron chi connectivity index (χ4n) is 1.53. The topological polar surface area (TPSA) is 62.2 Å². The van der Waals surface area contributed by atoms with Crippen molar-refractivity contribution in [2.75, 3.05) is 11.9 Å². The molecule has 0 aliphatic carbocycles. The zero-order valence-electron chi connectivity index (χ0n) is 10.4. The third-order valence-corrected chi connectivity index (χ3v) is 2.47. The van der Waals surface area contributed by atoms with E-state index in [2.05, 4.69) is 22.1 Å². The Kier molecular flexibility index (Phi) is 4.43. The van der Waals surface area contributed by atoms with Crippen LogP contribution >= 0.6 is 0 Å². The van der Waals surface area contributed by atoms with Gasteiger partial charge in [-0.25, -0.2) is 4.39 Å². The fraction of sp³-hybridized carbons (Fsp3) is 0.0667. The molecule has 2 rings (SSSR count). The Morgan fingerprint density at radius 1 is 1.30 bits per heavy atom. The van der Waals surface area contributed by atoms with E-state index in [1.807, 2.05) is 0 Å². The van der Waals surface area contributed by atoms with Crippen molar-refractivity contribution in [3.8, 4) is 11.8 Å². The standard InChI is InChI=1S/C15H11FN2O2/c16-13-10-11(2-1-9-19)3-4-14(13)18-15(20)12-5-7-17-8-6-12/h3-8,10,19H,9H2,(H,18,20). The maximum atomic E-state index is 13.8. The Morgan fingerprint density at radius 3 is 2.70 bits per heavy atom. The number of hydrogen-bond acceptors (Lipinski definition) is 3. The summed E-state index contributed by atoms with van der Waals surface area (Å²) < 4.78 is 13.8. The van der Waals surface area contributed by atoms with Crippen molar-refractivity contribution in [3.63, 3.8) is 0 Å². The van der Waals surface area contributed by atoms with Crippen molar-refractivity contribution < 1.29 is 14.3 Å². The number of nitrogens with zero attached hydrogens (tertiary/aromatic N) is 1. The number of nitrogens with one attached hydrogen (secondary N) is 1. The van der Waals surface area contributed by atoms with Gasteiger partial charge >= 0.3 is 0 Å². The highest BCUT2D eigenvalue weighted by molar-refractivity contribution is 6.04. The van der Waals surface area contributed by atoms with Crippen LogP contribution in [0.1, 0.15) is 15.9 Å². The lowest BCUT2D eigenvalue weighted by molar-refractivity contribution is 0.102. The SMILES string of the molecule is O=C(Nc1ccc(C#CCO)cc1F)c1ccncc1. The first kappa shape index (κ1) is 13.7. The van der Waals surface area contributed by atoms with Gasteiger partial charge in [0.15, 0.2) is 0 Å². The minimum atomic E-state index is -0.586. The van der Waals surface area contributed by atoms with E-state index < -0.39 is 11.7 Å². The summed E-state index contributed by atoms with van der Waals surface area (Å²) in [7, 11) is 0. The summed E-state index contributed by atoms with van der Waals surface area (Å²) in [6, 6.07) is 7.26. The Labute approximate surface area is 115 Å². The predicted octanol–water partition coefficient (Wildman–Crippen LogP) is 1.82. The fourth-order valence-corrected chi connectivity index (χ4v) is 1.53. The first-order valence-electron chi connectivity index (χ1n) is 5.81. The molecule has 1 amide bonds. The Bertz CT molecular complexity index is 675. The number of aliphatic hydroxyl groups is 1. The molecule has 0 aliphatic rings. The van der Waals surface area contributed by atoms with Gasteiger partial charge in [-0.05, 0) is 30.3 Å². The molecule has 0 fully saturated rings. The van der Waals surface area contributed by atoms with Crippen LogP contribution in [-0.2, 0) is 0 Å². The maximum Gasteiger partial charge on any atom is 0.255 e. The summed E-state index contributed by atoms with van der Waals surface area (Å²) in [5, 5.41) is 11.0. The second kappa shape index (κ2) is 6.45. The Hall–Kier alpha value is -2.71. The van der Waals surface area contributed by atoms with Crippen LogP contribution in [-0.4, -0.2) is 22.6 Å². The molecule has 0 atom stereocenters. The highest BCUT2D eigenvalue weighted by atomic mass is 19.1. The number of pyridine rings is 1. The molecule has 2 N–H and O–H groups in total. The molecule has 5 heteroatoms. The summed E-state index contributed by atoms with van der Waals surface area (Å²) in [6.45, 7) is -0.290. The summed E-state index contributed by atoms with van der Waals surface area (Å²) >= 11 is 0. The highest BCUT2D eigenvalue weighted by Gasteiger charge is 2.09. The van der Waals surface area contributed by atoms with Gasteiger partial charge in [-0.15, -0.1) is 0 Å². The van der Waals surface area contributed by atoms with Gasteiger partial charge in [0.1, 0.15) is 12.4 Å². The second-order valence-electron chi connectivity index (χ2n) is 3.84. The lowest BCUT2D eigenvalue weighted by atomic mass is 10.2. The monoisotopic (exact) mass is 270 g/mol. The van der Waals surface area contributed by atoms with Crippen LogP contribution in [0.25, 0.3) is 0 Å². The van der Waals surface area contributed by atoms with Gasteiger partial charge in [0.05, 0.1) is 5.69 Å². The third-order valence-electron chi connectivity index (χ3n) is 2.47. The van der Waals surface area contributed by atoms with Gasteiger partial charge in [0, 0.05) is 23.5 Å². The molecule has 20 heavy (non-hydrogen) atoms. The van der Waals surface area contributed by atoms with Gasteiger partial charge in [-0.1, -0.05) is 11.8 Å². The molecule has 0 unspecified atom stereocenters. The molecule has 0 aliphatic heterocycles. The number of benzene rings is 1. The first-order valence-corrected chi connectivity index (χ1v) is 5.81. The van der Waals surface area contributed by atoms with Crippen LogP contribution in [0, 0.1) is 17.7 Å². The Morgan fingerprint density at radius 2 is 2.05 bits per heavy atom. The normalized spacial score (nSPS) is 9.50. The quantitative estimate of drug-likeness (QED) is 0.818. The average molecular weight is 270 g/mol. The second-order valence-corrected chi connectivity index (χ2v) is 3.84. The summed E-state index contributed by atoms with van der Waals surface area (Å²) in [4.78, 5) is 15.7. The number of carbonyl (C=O) groups excluding carboxylic acids is 1. The first-order chi connectivity index (χ1) is 9.70. The van der Waals surface area contributed by atoms with Crippen LogP contribution < -0.4 is 5.32 Å². The molecule has 0 bridgehead atoms. The molecular formula is C15H11FN2O2. The number of anilines is 1. The number of halogens is 1. The summed E-state index contributed by atoms with van der Waals surface area (Å²) in [5.74, 6) is 4.01. The van der Waals surface area contributed by atoms with Gasteiger partial charge in [-0.3, -0.25) is 9.78 Å². The number of carbonyl (C=O) groups is 1. The van der Waals surface area contributed by atoms with Crippen LogP contribution in [0.3, 0.4) is 0 Å². The van der Waals surface area contributed by atoms with Gasteiger partial charge in [-0.2, -0.15) is 0 Å². The molecule has 2 aromatic rings. The predicted molar refractivity (Wildman–Crippen MR) is 72.6 cm³/mol. The summed E-state index contributed by atoms with van der Waals surface area (Å²) in [6.07, 6.45) is 2.97. The van der Waals surface area contributed by atoms with E-state index in [1.165, 1.54) is 36.7 Å². The van der Waals surface area contributed by atoms with Crippen molar-refractivity contribution >= 4 is 11.6 Å². The van der Waals surface area contributed by atoms with Crippen LogP contribution in [0.4, 0.5) is 10.1 Å². The van der Waals surface area contributed by atoms with Crippen molar-refractivity contribution in [1.29, 1.82) is 0 Å². The smallest absolute Gasteiger partial charge is 0.255 e. The van der Waals surface area contributed by atoms with Crippen LogP contribution in [0.15, 0.2) is 42.7 Å². The molecular weight excluding hydrogens is 259 g/mol. The lowest BCUT2D eigenvalue weighted by Gasteiger charge is -2.06. The van der Waals surface area contributed by atoms with Crippen LogP contribution in [0.5, 0.6) is 0 Å². The molecule has 0 saturated heterocycles. The number of rotatable bonds is 2. The van der Waals surface area contributed by atoms with Gasteiger partial charge in [0.25, 0.3) is 5.91 Å². The van der Waals surface area contributed by atoms with E-state index in [4.69, 9.17) is 5.11 Å². The molecule has 1 aromatic carbocycles. The zero-order chi connectivity index (χ0) is 14.4. The molecule has 0 saturated carbocycles. The number of amides is 1. The number of aliphatic hydroxyl groups excluding tert-OH is 1. The molecule has 0 radical (unpaired) electrons. The molecule has 100 valence electrons. The van der Waals surface area contributed by atoms with Crippen molar-refractivity contribution in [3.05, 3.63) is 59.7 Å². The van der Waals surface area contributed by atoms with E-state index in [1.54, 1.807) is 6.07 Å². The van der Waals surface area contributed by atoms with Gasteiger partial charge < -0.3 is 10.4 Å². The molecule has 0 spiro atoms. The van der Waals surface area contributed by atoms with E-state index >= 15 is 0 Å². The lowest BCUT2D eigenvalue weighted by Crippen LogP contribution is -2.13. The van der Waals surface area contributed by atoms with E-state index in [9.17, 15) is 9.18 Å². The minimum Gasteiger partial charge on any atom is -0.384 e. The zero-order valence-corrected chi connectivity index (χ0v) is 10.4. The maximum absolute atomic E-state index is 13.8.